The van der Waals surface area contributed by atoms with E-state index in [2.05, 4.69) is 9.80 Å². The van der Waals surface area contributed by atoms with E-state index in [4.69, 9.17) is 0 Å². The molecule has 0 aromatic heterocycles. The molecule has 3 heterocycles. The quantitative estimate of drug-likeness (QED) is 0.629. The molecule has 3 amide bonds. The predicted octanol–water partition coefficient (Wildman–Crippen LogP) is 4.62. The van der Waals surface area contributed by atoms with Crippen molar-refractivity contribution >= 4 is 23.4 Å². The number of carbonyl (C=O) groups excluding carboxylic acids is 3. The van der Waals surface area contributed by atoms with Crippen molar-refractivity contribution in [1.82, 2.24) is 9.80 Å². The van der Waals surface area contributed by atoms with E-state index in [0.29, 0.717) is 17.0 Å². The van der Waals surface area contributed by atoms with Crippen LogP contribution < -0.4 is 4.90 Å². The second-order valence-electron chi connectivity index (χ2n) is 10.3. The van der Waals surface area contributed by atoms with Crippen LogP contribution in [0.25, 0.3) is 0 Å². The molecule has 6 nitrogen and oxygen atoms in total. The van der Waals surface area contributed by atoms with Gasteiger partial charge in [0, 0.05) is 38.1 Å². The molecule has 178 valence electrons. The minimum absolute atomic E-state index is 0.0263. The Bertz CT molecular complexity index is 892. The summed E-state index contributed by atoms with van der Waals surface area (Å²) in [6, 6.07) is 5.73. The Morgan fingerprint density at radius 2 is 1.36 bits per heavy atom. The third kappa shape index (κ3) is 4.41. The summed E-state index contributed by atoms with van der Waals surface area (Å²) in [6.45, 7) is 3.31. The second-order valence-corrected chi connectivity index (χ2v) is 10.3. The van der Waals surface area contributed by atoms with Gasteiger partial charge in [0.25, 0.3) is 11.8 Å². The molecule has 0 bridgehead atoms. The summed E-state index contributed by atoms with van der Waals surface area (Å²) in [7, 11) is 0. The van der Waals surface area contributed by atoms with Crippen molar-refractivity contribution in [3.63, 3.8) is 0 Å². The van der Waals surface area contributed by atoms with Crippen molar-refractivity contribution in [2.75, 3.05) is 31.1 Å². The average Bonchev–Trinajstić information content (AvgIpc) is 3.09. The Labute approximate surface area is 197 Å². The van der Waals surface area contributed by atoms with Crippen LogP contribution in [-0.2, 0) is 4.79 Å². The fourth-order valence-corrected chi connectivity index (χ4v) is 6.31. The number of nitrogens with zero attached hydrogens (tertiary/aromatic N) is 3. The lowest BCUT2D eigenvalue weighted by atomic mass is 9.93. The number of fused-ring (bicyclic) bond motifs is 1. The van der Waals surface area contributed by atoms with Gasteiger partial charge in [0.1, 0.15) is 0 Å². The topological polar surface area (TPSA) is 60.9 Å². The molecule has 3 aliphatic heterocycles. The number of imide groups is 1. The molecule has 1 aromatic rings. The summed E-state index contributed by atoms with van der Waals surface area (Å²) in [4.78, 5) is 45.7. The van der Waals surface area contributed by atoms with Gasteiger partial charge in [-0.15, -0.1) is 0 Å². The Morgan fingerprint density at radius 3 is 2.06 bits per heavy atom. The molecule has 3 fully saturated rings. The van der Waals surface area contributed by atoms with Crippen molar-refractivity contribution in [2.45, 2.75) is 83.1 Å². The highest BCUT2D eigenvalue weighted by Crippen LogP contribution is 2.37. The molecule has 4 aliphatic rings. The number of likely N-dealkylation sites (tertiary alicyclic amines) is 1. The number of carbonyl (C=O) groups is 3. The lowest BCUT2D eigenvalue weighted by molar-refractivity contribution is -0.137. The molecular weight excluding hydrogens is 414 g/mol. The standard InChI is InChI=1S/C27H37N3O3/c31-25(29-16-7-4-8-17-29)20-14-18-28(19-15-20)23-13-9-12-22-24(23)27(33)30(26(22)32)21-10-5-2-1-3-6-11-21/h9,12-13,20-21H,1-8,10-11,14-19H2. The highest BCUT2D eigenvalue weighted by Gasteiger charge is 2.42. The Balaban J connectivity index is 1.30. The maximum absolute atomic E-state index is 13.6. The van der Waals surface area contributed by atoms with Crippen LogP contribution >= 0.6 is 0 Å². The van der Waals surface area contributed by atoms with E-state index in [0.717, 1.165) is 83.2 Å². The van der Waals surface area contributed by atoms with Gasteiger partial charge in [-0.25, -0.2) is 0 Å². The number of benzene rings is 1. The van der Waals surface area contributed by atoms with E-state index in [-0.39, 0.29) is 23.8 Å². The minimum atomic E-state index is -0.113. The molecule has 1 aromatic carbocycles. The number of hydrogen-bond acceptors (Lipinski definition) is 4. The second kappa shape index (κ2) is 9.86. The van der Waals surface area contributed by atoms with Gasteiger partial charge in [-0.3, -0.25) is 19.3 Å². The maximum Gasteiger partial charge on any atom is 0.263 e. The van der Waals surface area contributed by atoms with E-state index < -0.39 is 0 Å². The molecule has 0 N–H and O–H groups in total. The lowest BCUT2D eigenvalue weighted by Gasteiger charge is -2.37. The zero-order chi connectivity index (χ0) is 22.8. The average molecular weight is 452 g/mol. The number of rotatable bonds is 3. The Kier molecular flexibility index (Phi) is 6.70. The van der Waals surface area contributed by atoms with Crippen molar-refractivity contribution in [3.05, 3.63) is 29.3 Å². The van der Waals surface area contributed by atoms with Crippen LogP contribution in [0.5, 0.6) is 0 Å². The van der Waals surface area contributed by atoms with E-state index >= 15 is 0 Å². The van der Waals surface area contributed by atoms with Crippen molar-refractivity contribution < 1.29 is 14.4 Å². The van der Waals surface area contributed by atoms with E-state index in [1.807, 2.05) is 18.2 Å². The van der Waals surface area contributed by atoms with Gasteiger partial charge in [0.05, 0.1) is 16.8 Å². The highest BCUT2D eigenvalue weighted by atomic mass is 16.2. The van der Waals surface area contributed by atoms with Gasteiger partial charge >= 0.3 is 0 Å². The summed E-state index contributed by atoms with van der Waals surface area (Å²) < 4.78 is 0. The van der Waals surface area contributed by atoms with Crippen molar-refractivity contribution in [1.29, 1.82) is 0 Å². The smallest absolute Gasteiger partial charge is 0.263 e. The first kappa shape index (κ1) is 22.4. The van der Waals surface area contributed by atoms with Gasteiger partial charge in [0.15, 0.2) is 0 Å². The Hall–Kier alpha value is -2.37. The molecule has 2 saturated heterocycles. The molecular formula is C27H37N3O3. The van der Waals surface area contributed by atoms with Crippen LogP contribution in [0, 0.1) is 5.92 Å². The summed E-state index contributed by atoms with van der Waals surface area (Å²) in [5, 5.41) is 0. The zero-order valence-corrected chi connectivity index (χ0v) is 19.8. The number of piperidine rings is 2. The molecule has 0 radical (unpaired) electrons. The van der Waals surface area contributed by atoms with Crippen LogP contribution in [0.3, 0.4) is 0 Å². The van der Waals surface area contributed by atoms with Crippen LogP contribution in [0.15, 0.2) is 18.2 Å². The van der Waals surface area contributed by atoms with Gasteiger partial charge in [-0.05, 0) is 57.1 Å². The van der Waals surface area contributed by atoms with Gasteiger partial charge in [-0.2, -0.15) is 0 Å². The van der Waals surface area contributed by atoms with Crippen LogP contribution in [0.2, 0.25) is 0 Å². The summed E-state index contributed by atoms with van der Waals surface area (Å²) in [5.74, 6) is 0.175. The lowest BCUT2D eigenvalue weighted by Crippen LogP contribution is -2.44. The first-order chi connectivity index (χ1) is 16.1. The van der Waals surface area contributed by atoms with Crippen molar-refractivity contribution in [3.8, 4) is 0 Å². The largest absolute Gasteiger partial charge is 0.371 e. The molecule has 0 spiro atoms. The predicted molar refractivity (Wildman–Crippen MR) is 128 cm³/mol. The van der Waals surface area contributed by atoms with E-state index in [1.54, 1.807) is 4.90 Å². The molecule has 1 aliphatic carbocycles. The fraction of sp³-hybridized carbons (Fsp3) is 0.667. The highest BCUT2D eigenvalue weighted by molar-refractivity contribution is 6.24. The number of anilines is 1. The van der Waals surface area contributed by atoms with Gasteiger partial charge in [-0.1, -0.05) is 38.2 Å². The third-order valence-corrected chi connectivity index (χ3v) is 8.22. The van der Waals surface area contributed by atoms with Crippen LogP contribution in [0.1, 0.15) is 97.8 Å². The molecule has 6 heteroatoms. The molecule has 0 unspecified atom stereocenters. The minimum Gasteiger partial charge on any atom is -0.371 e. The van der Waals surface area contributed by atoms with Crippen molar-refractivity contribution in [2.24, 2.45) is 5.92 Å². The first-order valence-corrected chi connectivity index (χ1v) is 13.2. The number of amides is 3. The van der Waals surface area contributed by atoms with Gasteiger partial charge in [0.2, 0.25) is 5.91 Å². The monoisotopic (exact) mass is 451 g/mol. The third-order valence-electron chi connectivity index (χ3n) is 8.22. The summed E-state index contributed by atoms with van der Waals surface area (Å²) in [6.07, 6.45) is 12.7. The first-order valence-electron chi connectivity index (χ1n) is 13.2. The SMILES string of the molecule is O=C(C1CCN(c2cccc3c2C(=O)N(C2CCCCCCC2)C3=O)CC1)N1CCCCC1. The van der Waals surface area contributed by atoms with Gasteiger partial charge < -0.3 is 9.80 Å². The zero-order valence-electron chi connectivity index (χ0n) is 19.8. The Morgan fingerprint density at radius 1 is 0.727 bits per heavy atom. The fourth-order valence-electron chi connectivity index (χ4n) is 6.31. The van der Waals surface area contributed by atoms with E-state index in [9.17, 15) is 14.4 Å². The molecule has 1 saturated carbocycles. The summed E-state index contributed by atoms with van der Waals surface area (Å²) >= 11 is 0. The molecule has 5 rings (SSSR count). The molecule has 0 atom stereocenters. The van der Waals surface area contributed by atoms with E-state index in [1.165, 1.54) is 25.7 Å². The number of hydrogen-bond donors (Lipinski definition) is 0. The van der Waals surface area contributed by atoms with Crippen LogP contribution in [0.4, 0.5) is 5.69 Å². The maximum atomic E-state index is 13.6. The van der Waals surface area contributed by atoms with Crippen LogP contribution in [-0.4, -0.2) is 59.7 Å². The summed E-state index contributed by atoms with van der Waals surface area (Å²) in [5.41, 5.74) is 2.03. The molecule has 33 heavy (non-hydrogen) atoms. The normalized spacial score (nSPS) is 23.5.